The molecule has 0 aromatic heterocycles. The van der Waals surface area contributed by atoms with Crippen molar-refractivity contribution < 1.29 is 28.9 Å². The third-order valence-electron chi connectivity index (χ3n) is 4.32. The minimum Gasteiger partial charge on any atom is -0.444 e. The largest absolute Gasteiger partial charge is 0.444 e. The number of carbonyl (C=O) groups is 2. The second kappa shape index (κ2) is 11.0. The maximum atomic E-state index is 12.0. The van der Waals surface area contributed by atoms with Gasteiger partial charge in [-0.3, -0.25) is 30.9 Å². The van der Waals surface area contributed by atoms with Gasteiger partial charge in [0.25, 0.3) is 11.4 Å². The Morgan fingerprint density at radius 1 is 0.735 bits per heavy atom. The molecular weight excluding hydrogens is 448 g/mol. The first-order valence-electron chi connectivity index (χ1n) is 9.65. The van der Waals surface area contributed by atoms with Gasteiger partial charge in [-0.2, -0.15) is 0 Å². The second-order valence-corrected chi connectivity index (χ2v) is 6.76. The highest BCUT2D eigenvalue weighted by molar-refractivity contribution is 5.88. The number of anilines is 2. The highest BCUT2D eigenvalue weighted by atomic mass is 16.6. The highest BCUT2D eigenvalue weighted by Crippen LogP contribution is 2.17. The zero-order valence-corrected chi connectivity index (χ0v) is 17.4. The topological polar surface area (TPSA) is 163 Å². The molecule has 0 aliphatic carbocycles. The molecule has 0 saturated carbocycles. The van der Waals surface area contributed by atoms with Crippen LogP contribution in [0.15, 0.2) is 66.7 Å². The number of amides is 2. The standard InChI is InChI=1S/C22H17N4O8/c27-21(33-13-15-4-8-19(9-5-15)25(29)30)23-17-2-1-3-18(12-17)24-22(28)34-14-16-6-10-20(11-7-16)26(31)32/h2-12H,13-14H2,(H,23,27)(H,24,28). The van der Waals surface area contributed by atoms with Crippen LogP contribution in [0.5, 0.6) is 0 Å². The summed E-state index contributed by atoms with van der Waals surface area (Å²) in [5.74, 6) is 0. The zero-order valence-electron chi connectivity index (χ0n) is 17.4. The van der Waals surface area contributed by atoms with Gasteiger partial charge in [-0.05, 0) is 59.7 Å². The van der Waals surface area contributed by atoms with Crippen molar-refractivity contribution in [2.45, 2.75) is 13.2 Å². The third kappa shape index (κ3) is 7.02. The van der Waals surface area contributed by atoms with Gasteiger partial charge >= 0.3 is 12.2 Å². The van der Waals surface area contributed by atoms with Crippen LogP contribution in [0.3, 0.4) is 0 Å². The molecule has 3 aromatic carbocycles. The number of nitro benzene ring substituents is 2. The minimum atomic E-state index is -0.773. The Morgan fingerprint density at radius 3 is 1.47 bits per heavy atom. The summed E-state index contributed by atoms with van der Waals surface area (Å²) in [6.45, 7) is -0.194. The van der Waals surface area contributed by atoms with Crippen LogP contribution >= 0.6 is 0 Å². The third-order valence-corrected chi connectivity index (χ3v) is 4.32. The maximum absolute atomic E-state index is 12.0. The molecule has 12 heteroatoms. The summed E-state index contributed by atoms with van der Waals surface area (Å²) >= 11 is 0. The van der Waals surface area contributed by atoms with Crippen LogP contribution in [0.1, 0.15) is 11.1 Å². The van der Waals surface area contributed by atoms with Crippen LogP contribution < -0.4 is 10.6 Å². The SMILES string of the molecule is O=C(Nc1c[c]cc(NC(=O)OCc2ccc([N+](=O)[O-])cc2)c1)OCc1ccc([N+](=O)[O-])cc1. The molecule has 34 heavy (non-hydrogen) atoms. The molecule has 0 bridgehead atoms. The Kier molecular flexibility index (Phi) is 7.68. The van der Waals surface area contributed by atoms with E-state index in [0.717, 1.165) is 0 Å². The molecule has 3 aromatic rings. The van der Waals surface area contributed by atoms with Crippen LogP contribution in [0.4, 0.5) is 32.3 Å². The molecule has 0 heterocycles. The van der Waals surface area contributed by atoms with Crippen molar-refractivity contribution in [1.29, 1.82) is 0 Å². The van der Waals surface area contributed by atoms with Gasteiger partial charge < -0.3 is 9.47 Å². The summed E-state index contributed by atoms with van der Waals surface area (Å²) in [6, 6.07) is 18.3. The van der Waals surface area contributed by atoms with E-state index in [9.17, 15) is 29.8 Å². The molecular formula is C22H17N4O8. The molecule has 2 amide bonds. The summed E-state index contributed by atoms with van der Waals surface area (Å²) in [6.07, 6.45) is -1.55. The normalized spacial score (nSPS) is 10.1. The van der Waals surface area contributed by atoms with Gasteiger partial charge in [0.05, 0.1) is 9.85 Å². The Hall–Kier alpha value is -5.00. The van der Waals surface area contributed by atoms with Crippen molar-refractivity contribution in [3.05, 3.63) is 104 Å². The number of nitrogens with one attached hydrogen (secondary N) is 2. The average Bonchev–Trinajstić information content (AvgIpc) is 2.82. The van der Waals surface area contributed by atoms with Gasteiger partial charge in [-0.15, -0.1) is 0 Å². The van der Waals surface area contributed by atoms with Gasteiger partial charge in [0.1, 0.15) is 13.2 Å². The molecule has 0 atom stereocenters. The summed E-state index contributed by atoms with van der Waals surface area (Å²) in [5.41, 5.74) is 1.58. The van der Waals surface area contributed by atoms with Crippen LogP contribution in [-0.2, 0) is 22.7 Å². The molecule has 1 radical (unpaired) electrons. The van der Waals surface area contributed by atoms with E-state index in [0.29, 0.717) is 22.5 Å². The zero-order chi connectivity index (χ0) is 24.5. The van der Waals surface area contributed by atoms with Gasteiger partial charge in [0.15, 0.2) is 0 Å². The van der Waals surface area contributed by atoms with E-state index >= 15 is 0 Å². The molecule has 0 aliphatic rings. The Balaban J connectivity index is 1.46. The summed E-state index contributed by atoms with van der Waals surface area (Å²) in [7, 11) is 0. The van der Waals surface area contributed by atoms with Crippen molar-refractivity contribution in [3.63, 3.8) is 0 Å². The summed E-state index contributed by atoms with van der Waals surface area (Å²) in [4.78, 5) is 44.3. The fourth-order valence-electron chi connectivity index (χ4n) is 2.65. The van der Waals surface area contributed by atoms with Crippen molar-refractivity contribution in [2.24, 2.45) is 0 Å². The maximum Gasteiger partial charge on any atom is 0.411 e. The van der Waals surface area contributed by atoms with Crippen LogP contribution in [0.25, 0.3) is 0 Å². The van der Waals surface area contributed by atoms with Crippen molar-refractivity contribution in [3.8, 4) is 0 Å². The van der Waals surface area contributed by atoms with E-state index < -0.39 is 22.0 Å². The first-order chi connectivity index (χ1) is 16.3. The molecule has 2 N–H and O–H groups in total. The first kappa shape index (κ1) is 23.7. The van der Waals surface area contributed by atoms with Crippen molar-refractivity contribution in [1.82, 2.24) is 0 Å². The van der Waals surface area contributed by atoms with Crippen LogP contribution in [-0.4, -0.2) is 22.0 Å². The molecule has 0 unspecified atom stereocenters. The molecule has 0 fully saturated rings. The van der Waals surface area contributed by atoms with Gasteiger partial charge in [0.2, 0.25) is 0 Å². The summed E-state index contributed by atoms with van der Waals surface area (Å²) in [5, 5.41) is 26.3. The quantitative estimate of drug-likeness (QED) is 0.354. The fraction of sp³-hybridized carbons (Fsp3) is 0.0909. The number of nitro groups is 2. The van der Waals surface area contributed by atoms with Gasteiger partial charge in [-0.1, -0.05) is 0 Å². The number of hydrogen-bond acceptors (Lipinski definition) is 8. The van der Waals surface area contributed by atoms with Crippen LogP contribution in [0.2, 0.25) is 0 Å². The van der Waals surface area contributed by atoms with E-state index in [1.807, 2.05) is 0 Å². The fourth-order valence-corrected chi connectivity index (χ4v) is 2.65. The second-order valence-electron chi connectivity index (χ2n) is 6.76. The smallest absolute Gasteiger partial charge is 0.411 e. The molecule has 3 rings (SSSR count). The molecule has 12 nitrogen and oxygen atoms in total. The molecule has 173 valence electrons. The first-order valence-corrected chi connectivity index (χ1v) is 9.65. The van der Waals surface area contributed by atoms with Crippen molar-refractivity contribution in [2.75, 3.05) is 10.6 Å². The predicted octanol–water partition coefficient (Wildman–Crippen LogP) is 4.80. The van der Waals surface area contributed by atoms with Crippen LogP contribution in [0, 0.1) is 26.3 Å². The van der Waals surface area contributed by atoms with Crippen molar-refractivity contribution >= 4 is 34.9 Å². The van der Waals surface area contributed by atoms with Gasteiger partial charge in [0, 0.05) is 35.6 Å². The number of rotatable bonds is 8. The lowest BCUT2D eigenvalue weighted by molar-refractivity contribution is -0.385. The molecule has 0 aliphatic heterocycles. The van der Waals surface area contributed by atoms with E-state index in [-0.39, 0.29) is 24.6 Å². The number of carbonyl (C=O) groups excluding carboxylic acids is 2. The Morgan fingerprint density at radius 2 is 1.12 bits per heavy atom. The Labute approximate surface area is 192 Å². The summed E-state index contributed by atoms with van der Waals surface area (Å²) < 4.78 is 10.2. The number of ether oxygens (including phenoxy) is 2. The van der Waals surface area contributed by atoms with E-state index in [1.165, 1.54) is 66.7 Å². The highest BCUT2D eigenvalue weighted by Gasteiger charge is 2.10. The molecule has 0 saturated heterocycles. The van der Waals surface area contributed by atoms with E-state index in [1.54, 1.807) is 0 Å². The monoisotopic (exact) mass is 465 g/mol. The lowest BCUT2D eigenvalue weighted by Crippen LogP contribution is -2.15. The number of benzene rings is 3. The van der Waals surface area contributed by atoms with E-state index in [4.69, 9.17) is 9.47 Å². The Bertz CT molecular complexity index is 1110. The van der Waals surface area contributed by atoms with Gasteiger partial charge in [-0.25, -0.2) is 9.59 Å². The lowest BCUT2D eigenvalue weighted by atomic mass is 10.2. The number of nitrogens with zero attached hydrogens (tertiary/aromatic N) is 2. The lowest BCUT2D eigenvalue weighted by Gasteiger charge is -2.10. The number of non-ortho nitro benzene ring substituents is 2. The minimum absolute atomic E-state index is 0.0701. The van der Waals surface area contributed by atoms with E-state index in [2.05, 4.69) is 16.7 Å². The average molecular weight is 465 g/mol. The number of hydrogen-bond donors (Lipinski definition) is 2. The predicted molar refractivity (Wildman–Crippen MR) is 119 cm³/mol. The molecule has 0 spiro atoms.